The molecule has 0 spiro atoms. The van der Waals surface area contributed by atoms with Gasteiger partial charge in [-0.2, -0.15) is 0 Å². The fraction of sp³-hybridized carbons (Fsp3) is 0.857. The lowest BCUT2D eigenvalue weighted by molar-refractivity contribution is -0.126. The zero-order chi connectivity index (χ0) is 15.2. The minimum Gasteiger partial charge on any atom is -0.444 e. The van der Waals surface area contributed by atoms with E-state index in [1.807, 2.05) is 41.5 Å². The van der Waals surface area contributed by atoms with Crippen LogP contribution in [-0.2, 0) is 9.53 Å². The number of likely N-dealkylation sites (N-methyl/N-ethyl adjacent to an activating group) is 1. The van der Waals surface area contributed by atoms with Crippen LogP contribution in [0.1, 0.15) is 54.4 Å². The molecule has 1 N–H and O–H groups in total. The number of hydrogen-bond acceptors (Lipinski definition) is 3. The van der Waals surface area contributed by atoms with E-state index in [9.17, 15) is 9.59 Å². The van der Waals surface area contributed by atoms with Crippen LogP contribution in [0.25, 0.3) is 0 Å². The van der Waals surface area contributed by atoms with Crippen LogP contribution in [0.3, 0.4) is 0 Å². The lowest BCUT2D eigenvalue weighted by Gasteiger charge is -2.30. The summed E-state index contributed by atoms with van der Waals surface area (Å²) >= 11 is 0. The molecule has 0 aliphatic heterocycles. The maximum atomic E-state index is 12.1. The number of amides is 2. The molecular weight excluding hydrogens is 244 g/mol. The lowest BCUT2D eigenvalue weighted by atomic mass is 10.1. The van der Waals surface area contributed by atoms with E-state index >= 15 is 0 Å². The smallest absolute Gasteiger partial charge is 0.410 e. The predicted octanol–water partition coefficient (Wildman–Crippen LogP) is 2.55. The molecule has 19 heavy (non-hydrogen) atoms. The van der Waals surface area contributed by atoms with E-state index < -0.39 is 17.7 Å². The van der Waals surface area contributed by atoms with Crippen molar-refractivity contribution in [2.24, 2.45) is 0 Å². The highest BCUT2D eigenvalue weighted by atomic mass is 16.6. The van der Waals surface area contributed by atoms with Gasteiger partial charge in [-0.05, 0) is 41.0 Å². The first kappa shape index (κ1) is 17.7. The van der Waals surface area contributed by atoms with Crippen molar-refractivity contribution in [1.82, 2.24) is 10.2 Å². The highest BCUT2D eigenvalue weighted by Crippen LogP contribution is 2.13. The molecule has 0 heterocycles. The third-order valence-corrected chi connectivity index (χ3v) is 2.44. The molecule has 0 saturated carbocycles. The number of carbonyl (C=O) groups is 2. The Bertz CT molecular complexity index is 308. The Morgan fingerprint density at radius 3 is 2.16 bits per heavy atom. The topological polar surface area (TPSA) is 58.6 Å². The standard InChI is InChI=1S/C14H28N2O3/c1-8-9-11(12(17)15-10(2)3)16(7)13(18)19-14(4,5)6/h10-11H,8-9H2,1-7H3,(H,15,17)/t11-/m1/s1. The Balaban J connectivity index is 4.78. The summed E-state index contributed by atoms with van der Waals surface area (Å²) in [4.78, 5) is 25.5. The van der Waals surface area contributed by atoms with Crippen molar-refractivity contribution in [1.29, 1.82) is 0 Å². The van der Waals surface area contributed by atoms with Crippen LogP contribution >= 0.6 is 0 Å². The van der Waals surface area contributed by atoms with Crippen LogP contribution in [0.15, 0.2) is 0 Å². The van der Waals surface area contributed by atoms with E-state index in [4.69, 9.17) is 4.74 Å². The highest BCUT2D eigenvalue weighted by Gasteiger charge is 2.29. The molecule has 0 rings (SSSR count). The quantitative estimate of drug-likeness (QED) is 0.836. The Kier molecular flexibility index (Phi) is 6.87. The summed E-state index contributed by atoms with van der Waals surface area (Å²) in [5, 5.41) is 2.84. The molecule has 2 amide bonds. The number of hydrogen-bond donors (Lipinski definition) is 1. The molecule has 0 aromatic rings. The summed E-state index contributed by atoms with van der Waals surface area (Å²) in [6, 6.07) is -0.429. The average molecular weight is 272 g/mol. The first-order chi connectivity index (χ1) is 8.58. The third-order valence-electron chi connectivity index (χ3n) is 2.44. The van der Waals surface area contributed by atoms with Gasteiger partial charge in [0, 0.05) is 13.1 Å². The molecule has 0 aromatic carbocycles. The zero-order valence-corrected chi connectivity index (χ0v) is 13.2. The van der Waals surface area contributed by atoms with Crippen LogP contribution < -0.4 is 5.32 Å². The fourth-order valence-electron chi connectivity index (χ4n) is 1.62. The Morgan fingerprint density at radius 1 is 1.26 bits per heavy atom. The van der Waals surface area contributed by atoms with E-state index in [1.54, 1.807) is 7.05 Å². The van der Waals surface area contributed by atoms with Crippen molar-refractivity contribution < 1.29 is 14.3 Å². The van der Waals surface area contributed by atoms with Gasteiger partial charge in [0.05, 0.1) is 0 Å². The molecule has 0 aromatic heterocycles. The van der Waals surface area contributed by atoms with Gasteiger partial charge in [-0.3, -0.25) is 9.69 Å². The van der Waals surface area contributed by atoms with Crippen LogP contribution in [0.2, 0.25) is 0 Å². The molecule has 0 unspecified atom stereocenters. The van der Waals surface area contributed by atoms with E-state index in [-0.39, 0.29) is 11.9 Å². The van der Waals surface area contributed by atoms with Crippen LogP contribution in [0.5, 0.6) is 0 Å². The molecule has 0 saturated heterocycles. The molecule has 0 radical (unpaired) electrons. The summed E-state index contributed by atoms with van der Waals surface area (Å²) in [5.74, 6) is -0.134. The minimum absolute atomic E-state index is 0.0545. The fourth-order valence-corrected chi connectivity index (χ4v) is 1.62. The highest BCUT2D eigenvalue weighted by molar-refractivity contribution is 5.85. The molecule has 5 heteroatoms. The Morgan fingerprint density at radius 2 is 1.79 bits per heavy atom. The van der Waals surface area contributed by atoms with E-state index in [0.29, 0.717) is 6.42 Å². The van der Waals surface area contributed by atoms with Gasteiger partial charge in [-0.15, -0.1) is 0 Å². The average Bonchev–Trinajstić information content (AvgIpc) is 2.21. The van der Waals surface area contributed by atoms with Crippen molar-refractivity contribution in [2.45, 2.75) is 72.1 Å². The summed E-state index contributed by atoms with van der Waals surface area (Å²) in [6.07, 6.45) is 0.974. The second kappa shape index (κ2) is 7.36. The number of nitrogens with zero attached hydrogens (tertiary/aromatic N) is 1. The van der Waals surface area contributed by atoms with E-state index in [0.717, 1.165) is 6.42 Å². The molecule has 112 valence electrons. The number of carbonyl (C=O) groups excluding carboxylic acids is 2. The van der Waals surface area contributed by atoms with Crippen LogP contribution in [-0.4, -0.2) is 41.6 Å². The van der Waals surface area contributed by atoms with Gasteiger partial charge >= 0.3 is 6.09 Å². The van der Waals surface area contributed by atoms with Crippen molar-refractivity contribution in [3.8, 4) is 0 Å². The van der Waals surface area contributed by atoms with Crippen molar-refractivity contribution in [3.05, 3.63) is 0 Å². The summed E-state index contributed by atoms with van der Waals surface area (Å²) < 4.78 is 5.29. The monoisotopic (exact) mass is 272 g/mol. The number of rotatable bonds is 5. The minimum atomic E-state index is -0.559. The SMILES string of the molecule is CCC[C@H](C(=O)NC(C)C)N(C)C(=O)OC(C)(C)C. The van der Waals surface area contributed by atoms with Crippen LogP contribution in [0, 0.1) is 0 Å². The van der Waals surface area contributed by atoms with E-state index in [2.05, 4.69) is 5.32 Å². The molecule has 0 aliphatic carbocycles. The summed E-state index contributed by atoms with van der Waals surface area (Å²) in [6.45, 7) is 11.2. The van der Waals surface area contributed by atoms with Gasteiger partial charge in [-0.25, -0.2) is 4.79 Å². The number of ether oxygens (including phenoxy) is 1. The van der Waals surface area contributed by atoms with Gasteiger partial charge in [0.15, 0.2) is 0 Å². The van der Waals surface area contributed by atoms with Crippen molar-refractivity contribution in [2.75, 3.05) is 7.05 Å². The Hall–Kier alpha value is -1.26. The first-order valence-corrected chi connectivity index (χ1v) is 6.84. The molecule has 5 nitrogen and oxygen atoms in total. The van der Waals surface area contributed by atoms with Gasteiger partial charge in [0.2, 0.25) is 5.91 Å². The van der Waals surface area contributed by atoms with Gasteiger partial charge in [0.25, 0.3) is 0 Å². The summed E-state index contributed by atoms with van der Waals surface area (Å²) in [7, 11) is 1.61. The van der Waals surface area contributed by atoms with Gasteiger partial charge in [-0.1, -0.05) is 13.3 Å². The molecular formula is C14H28N2O3. The van der Waals surface area contributed by atoms with Gasteiger partial charge in [0.1, 0.15) is 11.6 Å². The van der Waals surface area contributed by atoms with Crippen molar-refractivity contribution in [3.63, 3.8) is 0 Å². The number of nitrogens with one attached hydrogen (secondary N) is 1. The van der Waals surface area contributed by atoms with Crippen LogP contribution in [0.4, 0.5) is 4.79 Å². The predicted molar refractivity (Wildman–Crippen MR) is 76.0 cm³/mol. The maximum Gasteiger partial charge on any atom is 0.410 e. The van der Waals surface area contributed by atoms with Crippen molar-refractivity contribution >= 4 is 12.0 Å². The summed E-state index contributed by atoms with van der Waals surface area (Å²) in [5.41, 5.74) is -0.559. The second-order valence-electron chi connectivity index (χ2n) is 6.06. The zero-order valence-electron chi connectivity index (χ0n) is 13.2. The molecule has 0 aliphatic rings. The second-order valence-corrected chi connectivity index (χ2v) is 6.06. The molecule has 1 atom stereocenters. The lowest BCUT2D eigenvalue weighted by Crippen LogP contribution is -2.50. The van der Waals surface area contributed by atoms with Gasteiger partial charge < -0.3 is 10.1 Å². The Labute approximate surface area is 116 Å². The normalized spacial score (nSPS) is 13.1. The third kappa shape index (κ3) is 7.03. The largest absolute Gasteiger partial charge is 0.444 e. The molecule has 0 fully saturated rings. The first-order valence-electron chi connectivity index (χ1n) is 6.84. The maximum absolute atomic E-state index is 12.1. The van der Waals surface area contributed by atoms with E-state index in [1.165, 1.54) is 4.90 Å². The molecule has 0 bridgehead atoms.